The number of anilines is 2. The number of para-hydroxylation sites is 1. The summed E-state index contributed by atoms with van der Waals surface area (Å²) in [6.45, 7) is 3.77. The third-order valence-electron chi connectivity index (χ3n) is 5.77. The molecular formula is C24H27N5O3. The molecule has 0 bridgehead atoms. The number of carboxylic acids is 1. The average molecular weight is 434 g/mol. The Morgan fingerprint density at radius 3 is 2.81 bits per heavy atom. The van der Waals surface area contributed by atoms with Crippen LogP contribution in [-0.4, -0.2) is 46.6 Å². The van der Waals surface area contributed by atoms with Crippen LogP contribution in [0.3, 0.4) is 0 Å². The lowest BCUT2D eigenvalue weighted by molar-refractivity contribution is -0.138. The van der Waals surface area contributed by atoms with E-state index in [9.17, 15) is 14.7 Å². The molecule has 4 N–H and O–H groups in total. The van der Waals surface area contributed by atoms with Gasteiger partial charge in [-0.1, -0.05) is 25.1 Å². The van der Waals surface area contributed by atoms with Crippen molar-refractivity contribution >= 4 is 34.3 Å². The van der Waals surface area contributed by atoms with Crippen molar-refractivity contribution in [1.82, 2.24) is 15.3 Å². The van der Waals surface area contributed by atoms with Crippen LogP contribution < -0.4 is 16.0 Å². The van der Waals surface area contributed by atoms with E-state index in [-0.39, 0.29) is 18.4 Å². The van der Waals surface area contributed by atoms with Gasteiger partial charge in [0.1, 0.15) is 11.7 Å². The third-order valence-corrected chi connectivity index (χ3v) is 5.77. The van der Waals surface area contributed by atoms with Gasteiger partial charge in [-0.25, -0.2) is 4.98 Å². The van der Waals surface area contributed by atoms with Gasteiger partial charge in [0, 0.05) is 43.3 Å². The smallest absolute Gasteiger partial charge is 0.312 e. The molecule has 32 heavy (non-hydrogen) atoms. The van der Waals surface area contributed by atoms with Gasteiger partial charge in [0.25, 0.3) is 0 Å². The fraction of sp³-hybridized carbons (Fsp3) is 0.333. The number of aliphatic carboxylic acids is 1. The maximum absolute atomic E-state index is 12.4. The van der Waals surface area contributed by atoms with Crippen LogP contribution in [0.5, 0.6) is 0 Å². The van der Waals surface area contributed by atoms with Gasteiger partial charge in [-0.15, -0.1) is 0 Å². The minimum absolute atomic E-state index is 0.0231. The molecule has 2 unspecified atom stereocenters. The SMILES string of the molecule is CC(CCC(=O)NCC(C(=O)O)c1cnc2ccccc2c1)c1ccc2c(n1)NCCN2. The zero-order valence-corrected chi connectivity index (χ0v) is 18.0. The molecule has 0 aliphatic carbocycles. The molecule has 8 heteroatoms. The molecule has 8 nitrogen and oxygen atoms in total. The summed E-state index contributed by atoms with van der Waals surface area (Å²) in [4.78, 5) is 33.2. The van der Waals surface area contributed by atoms with Crippen molar-refractivity contribution < 1.29 is 14.7 Å². The molecule has 0 radical (unpaired) electrons. The monoisotopic (exact) mass is 433 g/mol. The molecule has 1 aliphatic heterocycles. The molecule has 1 aromatic carbocycles. The lowest BCUT2D eigenvalue weighted by atomic mass is 9.98. The van der Waals surface area contributed by atoms with Crippen molar-refractivity contribution in [2.24, 2.45) is 0 Å². The number of fused-ring (bicyclic) bond motifs is 2. The summed E-state index contributed by atoms with van der Waals surface area (Å²) >= 11 is 0. The van der Waals surface area contributed by atoms with Crippen molar-refractivity contribution in [2.75, 3.05) is 30.3 Å². The van der Waals surface area contributed by atoms with Gasteiger partial charge >= 0.3 is 5.97 Å². The number of benzene rings is 1. The maximum atomic E-state index is 12.4. The van der Waals surface area contributed by atoms with Gasteiger partial charge in [0.2, 0.25) is 5.91 Å². The van der Waals surface area contributed by atoms with E-state index in [0.717, 1.165) is 41.2 Å². The average Bonchev–Trinajstić information content (AvgIpc) is 2.82. The van der Waals surface area contributed by atoms with Gasteiger partial charge in [-0.3, -0.25) is 14.6 Å². The zero-order chi connectivity index (χ0) is 22.5. The zero-order valence-electron chi connectivity index (χ0n) is 18.0. The highest BCUT2D eigenvalue weighted by Crippen LogP contribution is 2.27. The number of hydrogen-bond acceptors (Lipinski definition) is 6. The first-order valence-corrected chi connectivity index (χ1v) is 10.8. The van der Waals surface area contributed by atoms with E-state index < -0.39 is 11.9 Å². The molecule has 1 amide bonds. The number of nitrogens with zero attached hydrogens (tertiary/aromatic N) is 2. The second kappa shape index (κ2) is 9.64. The van der Waals surface area contributed by atoms with E-state index in [4.69, 9.17) is 0 Å². The van der Waals surface area contributed by atoms with E-state index in [2.05, 4.69) is 25.9 Å². The first kappa shape index (κ1) is 21.5. The van der Waals surface area contributed by atoms with Crippen LogP contribution in [0.4, 0.5) is 11.5 Å². The minimum Gasteiger partial charge on any atom is -0.481 e. The van der Waals surface area contributed by atoms with Crippen molar-refractivity contribution in [3.63, 3.8) is 0 Å². The van der Waals surface area contributed by atoms with Crippen molar-refractivity contribution in [2.45, 2.75) is 31.6 Å². The van der Waals surface area contributed by atoms with Crippen LogP contribution in [0, 0.1) is 0 Å². The van der Waals surface area contributed by atoms with Crippen LogP contribution in [-0.2, 0) is 9.59 Å². The molecule has 3 aromatic rings. The van der Waals surface area contributed by atoms with Crippen molar-refractivity contribution in [3.8, 4) is 0 Å². The predicted molar refractivity (Wildman–Crippen MR) is 124 cm³/mol. The fourth-order valence-corrected chi connectivity index (χ4v) is 3.83. The quantitative estimate of drug-likeness (QED) is 0.430. The number of carboxylic acid groups (broad SMARTS) is 1. The summed E-state index contributed by atoms with van der Waals surface area (Å²) in [5, 5.41) is 19.9. The molecule has 3 heterocycles. The molecule has 2 atom stereocenters. The summed E-state index contributed by atoms with van der Waals surface area (Å²) in [6, 6.07) is 13.4. The van der Waals surface area contributed by atoms with Gasteiger partial charge < -0.3 is 21.1 Å². The Bertz CT molecular complexity index is 1130. The molecule has 0 fully saturated rings. The Balaban J connectivity index is 1.33. The normalized spacial score (nSPS) is 14.5. The van der Waals surface area contributed by atoms with Gasteiger partial charge in [0.05, 0.1) is 11.2 Å². The van der Waals surface area contributed by atoms with Crippen LogP contribution in [0.2, 0.25) is 0 Å². The van der Waals surface area contributed by atoms with E-state index >= 15 is 0 Å². The number of nitrogens with one attached hydrogen (secondary N) is 3. The highest BCUT2D eigenvalue weighted by atomic mass is 16.4. The number of aromatic nitrogens is 2. The van der Waals surface area contributed by atoms with E-state index in [1.807, 2.05) is 49.4 Å². The Morgan fingerprint density at radius 1 is 1.16 bits per heavy atom. The lowest BCUT2D eigenvalue weighted by Gasteiger charge is -2.21. The van der Waals surface area contributed by atoms with Crippen LogP contribution in [0.15, 0.2) is 48.7 Å². The second-order valence-corrected chi connectivity index (χ2v) is 8.08. The van der Waals surface area contributed by atoms with Crippen LogP contribution >= 0.6 is 0 Å². The van der Waals surface area contributed by atoms with E-state index in [0.29, 0.717) is 18.4 Å². The molecule has 0 spiro atoms. The third kappa shape index (κ3) is 4.96. The number of carbonyl (C=O) groups excluding carboxylic acids is 1. The molecule has 4 rings (SSSR count). The largest absolute Gasteiger partial charge is 0.481 e. The summed E-state index contributed by atoms with van der Waals surface area (Å²) in [6.07, 6.45) is 2.49. The molecular weight excluding hydrogens is 406 g/mol. The fourth-order valence-electron chi connectivity index (χ4n) is 3.83. The summed E-state index contributed by atoms with van der Waals surface area (Å²) in [5.41, 5.74) is 3.30. The Labute approximate surface area is 186 Å². The van der Waals surface area contributed by atoms with Crippen LogP contribution in [0.1, 0.15) is 42.9 Å². The number of hydrogen-bond donors (Lipinski definition) is 4. The lowest BCUT2D eigenvalue weighted by Crippen LogP contribution is -2.31. The topological polar surface area (TPSA) is 116 Å². The van der Waals surface area contributed by atoms with Crippen molar-refractivity contribution in [1.29, 1.82) is 0 Å². The van der Waals surface area contributed by atoms with Crippen LogP contribution in [0.25, 0.3) is 10.9 Å². The first-order valence-electron chi connectivity index (χ1n) is 10.8. The second-order valence-electron chi connectivity index (χ2n) is 8.08. The summed E-state index contributed by atoms with van der Waals surface area (Å²) in [5.74, 6) is -1.06. The number of carbonyl (C=O) groups is 2. The Hall–Kier alpha value is -3.68. The number of rotatable bonds is 8. The molecule has 1 aliphatic rings. The van der Waals surface area contributed by atoms with E-state index in [1.165, 1.54) is 0 Å². The molecule has 2 aromatic heterocycles. The van der Waals surface area contributed by atoms with Crippen molar-refractivity contribution in [3.05, 3.63) is 59.9 Å². The Kier molecular flexibility index (Phi) is 6.49. The van der Waals surface area contributed by atoms with E-state index in [1.54, 1.807) is 6.20 Å². The van der Waals surface area contributed by atoms with Gasteiger partial charge in [0.15, 0.2) is 0 Å². The Morgan fingerprint density at radius 2 is 1.97 bits per heavy atom. The summed E-state index contributed by atoms with van der Waals surface area (Å²) < 4.78 is 0. The van der Waals surface area contributed by atoms with Gasteiger partial charge in [-0.05, 0) is 42.2 Å². The number of amides is 1. The molecule has 0 saturated heterocycles. The predicted octanol–water partition coefficient (Wildman–Crippen LogP) is 3.34. The minimum atomic E-state index is -0.991. The molecule has 166 valence electrons. The highest BCUT2D eigenvalue weighted by Gasteiger charge is 2.22. The molecule has 0 saturated carbocycles. The first-order chi connectivity index (χ1) is 15.5. The highest BCUT2D eigenvalue weighted by molar-refractivity contribution is 5.83. The standard InChI is InChI=1S/C24H27N5O3/c1-15(19-7-8-21-23(29-19)26-11-10-25-21)6-9-22(30)28-14-18(24(31)32)17-12-16-4-2-3-5-20(16)27-13-17/h2-5,7-8,12-13,15,18,25H,6,9-11,14H2,1H3,(H,26,29)(H,28,30)(H,31,32). The number of pyridine rings is 2. The van der Waals surface area contributed by atoms with Gasteiger partial charge in [-0.2, -0.15) is 0 Å². The maximum Gasteiger partial charge on any atom is 0.312 e. The summed E-state index contributed by atoms with van der Waals surface area (Å²) in [7, 11) is 0.